The summed E-state index contributed by atoms with van der Waals surface area (Å²) in [7, 11) is 0. The summed E-state index contributed by atoms with van der Waals surface area (Å²) in [5.74, 6) is 1.26. The quantitative estimate of drug-likeness (QED) is 0.812. The maximum absolute atomic E-state index is 6.20. The summed E-state index contributed by atoms with van der Waals surface area (Å²) >= 11 is 0. The van der Waals surface area contributed by atoms with E-state index < -0.39 is 0 Å². The zero-order chi connectivity index (χ0) is 13.4. The monoisotopic (exact) mass is 241 g/mol. The smallest absolute Gasteiger partial charge is 0.0666 e. The van der Waals surface area contributed by atoms with Crippen LogP contribution in [0.3, 0.4) is 0 Å². The van der Waals surface area contributed by atoms with Crippen LogP contribution in [0.25, 0.3) is 0 Å². The Morgan fingerprint density at radius 2 is 1.59 bits per heavy atom. The molecule has 1 rings (SSSR count). The van der Waals surface area contributed by atoms with Gasteiger partial charge in [0.05, 0.1) is 11.2 Å². The molecule has 0 amide bonds. The van der Waals surface area contributed by atoms with Crippen LogP contribution in [0.1, 0.15) is 61.8 Å². The third-order valence-corrected chi connectivity index (χ3v) is 4.16. The Kier molecular flexibility index (Phi) is 4.31. The van der Waals surface area contributed by atoms with Crippen molar-refractivity contribution in [3.05, 3.63) is 0 Å². The van der Waals surface area contributed by atoms with Gasteiger partial charge in [-0.15, -0.1) is 0 Å². The molecule has 1 N–H and O–H groups in total. The zero-order valence-electron chi connectivity index (χ0n) is 12.9. The highest BCUT2D eigenvalue weighted by Crippen LogP contribution is 2.46. The first-order chi connectivity index (χ1) is 7.55. The minimum Gasteiger partial charge on any atom is -0.369 e. The van der Waals surface area contributed by atoms with Gasteiger partial charge in [-0.05, 0) is 52.9 Å². The molecule has 1 heterocycles. The lowest BCUT2D eigenvalue weighted by atomic mass is 9.75. The van der Waals surface area contributed by atoms with Crippen LogP contribution >= 0.6 is 0 Å². The van der Waals surface area contributed by atoms with E-state index in [1.807, 2.05) is 0 Å². The van der Waals surface area contributed by atoms with Crippen molar-refractivity contribution in [2.24, 2.45) is 11.8 Å². The Labute approximate surface area is 108 Å². The zero-order valence-corrected chi connectivity index (χ0v) is 12.9. The first-order valence-electron chi connectivity index (χ1n) is 7.01. The normalized spacial score (nSPS) is 30.5. The summed E-state index contributed by atoms with van der Waals surface area (Å²) < 4.78 is 6.20. The lowest BCUT2D eigenvalue weighted by Gasteiger charge is -2.35. The number of rotatable bonds is 4. The van der Waals surface area contributed by atoms with Gasteiger partial charge in [-0.3, -0.25) is 0 Å². The Hall–Kier alpha value is -0.0800. The molecule has 0 aromatic heterocycles. The molecule has 0 aliphatic carbocycles. The molecule has 0 bridgehead atoms. The third-order valence-electron chi connectivity index (χ3n) is 4.16. The average molecular weight is 241 g/mol. The van der Waals surface area contributed by atoms with Crippen molar-refractivity contribution in [1.82, 2.24) is 5.32 Å². The van der Waals surface area contributed by atoms with Crippen LogP contribution in [0, 0.1) is 11.8 Å². The highest BCUT2D eigenvalue weighted by molar-refractivity contribution is 4.98. The molecular weight excluding hydrogens is 210 g/mol. The van der Waals surface area contributed by atoms with Gasteiger partial charge >= 0.3 is 0 Å². The molecule has 1 aliphatic heterocycles. The average Bonchev–Trinajstić information content (AvgIpc) is 2.31. The number of ether oxygens (including phenoxy) is 1. The molecule has 3 unspecified atom stereocenters. The fraction of sp³-hybridized carbons (Fsp3) is 1.00. The van der Waals surface area contributed by atoms with Crippen LogP contribution in [-0.4, -0.2) is 23.3 Å². The van der Waals surface area contributed by atoms with Crippen molar-refractivity contribution >= 4 is 0 Å². The van der Waals surface area contributed by atoms with E-state index in [4.69, 9.17) is 4.74 Å². The van der Waals surface area contributed by atoms with Gasteiger partial charge in [0.15, 0.2) is 0 Å². The predicted molar refractivity (Wildman–Crippen MR) is 74.2 cm³/mol. The Morgan fingerprint density at radius 1 is 1.06 bits per heavy atom. The lowest BCUT2D eigenvalue weighted by molar-refractivity contribution is -0.0805. The predicted octanol–water partition coefficient (Wildman–Crippen LogP) is 3.60. The van der Waals surface area contributed by atoms with Crippen molar-refractivity contribution < 1.29 is 4.74 Å². The van der Waals surface area contributed by atoms with Gasteiger partial charge in [0, 0.05) is 12.1 Å². The fourth-order valence-corrected chi connectivity index (χ4v) is 3.45. The van der Waals surface area contributed by atoms with E-state index in [0.29, 0.717) is 23.9 Å². The van der Waals surface area contributed by atoms with Gasteiger partial charge in [-0.25, -0.2) is 0 Å². The van der Waals surface area contributed by atoms with E-state index in [-0.39, 0.29) is 11.2 Å². The van der Waals surface area contributed by atoms with Crippen molar-refractivity contribution in [1.29, 1.82) is 0 Å². The Bertz CT molecular complexity index is 258. The van der Waals surface area contributed by atoms with E-state index in [2.05, 4.69) is 60.7 Å². The number of hydrogen-bond donors (Lipinski definition) is 1. The summed E-state index contributed by atoms with van der Waals surface area (Å²) in [4.78, 5) is 0. The summed E-state index contributed by atoms with van der Waals surface area (Å²) in [6, 6.07) is 1.09. The van der Waals surface area contributed by atoms with Gasteiger partial charge in [-0.2, -0.15) is 0 Å². The van der Waals surface area contributed by atoms with Crippen molar-refractivity contribution in [3.8, 4) is 0 Å². The molecule has 3 atom stereocenters. The maximum atomic E-state index is 6.20. The summed E-state index contributed by atoms with van der Waals surface area (Å²) in [6.45, 7) is 18.0. The summed E-state index contributed by atoms with van der Waals surface area (Å²) in [5, 5.41) is 3.63. The first kappa shape index (κ1) is 15.0. The van der Waals surface area contributed by atoms with E-state index in [1.54, 1.807) is 0 Å². The van der Waals surface area contributed by atoms with Crippen molar-refractivity contribution in [2.75, 3.05) is 0 Å². The largest absolute Gasteiger partial charge is 0.369 e. The molecule has 1 fully saturated rings. The van der Waals surface area contributed by atoms with Gasteiger partial charge in [0.1, 0.15) is 0 Å². The van der Waals surface area contributed by atoms with Gasteiger partial charge < -0.3 is 10.1 Å². The highest BCUT2D eigenvalue weighted by atomic mass is 16.5. The van der Waals surface area contributed by atoms with Crippen molar-refractivity contribution in [2.45, 2.75) is 85.1 Å². The molecular formula is C15H31NO. The van der Waals surface area contributed by atoms with E-state index in [0.717, 1.165) is 6.42 Å². The molecule has 1 aliphatic rings. The molecule has 0 spiro atoms. The fourth-order valence-electron chi connectivity index (χ4n) is 3.45. The Morgan fingerprint density at radius 3 is 1.94 bits per heavy atom. The van der Waals surface area contributed by atoms with E-state index in [1.165, 1.54) is 0 Å². The standard InChI is InChI=1S/C15H31NO/c1-10(2)16-12(4)11(3)13-9-14(5,6)17-15(13,7)8/h10-13,16H,9H2,1-8H3. The minimum atomic E-state index is -0.00413. The summed E-state index contributed by atoms with van der Waals surface area (Å²) in [6.07, 6.45) is 1.16. The van der Waals surface area contributed by atoms with Gasteiger partial charge in [0.25, 0.3) is 0 Å². The molecule has 0 aromatic carbocycles. The molecule has 1 saturated heterocycles. The third kappa shape index (κ3) is 3.69. The topological polar surface area (TPSA) is 21.3 Å². The minimum absolute atomic E-state index is 0.00413. The van der Waals surface area contributed by atoms with Crippen LogP contribution < -0.4 is 5.32 Å². The molecule has 2 heteroatoms. The molecule has 17 heavy (non-hydrogen) atoms. The molecule has 102 valence electrons. The SMILES string of the molecule is CC(C)NC(C)C(C)C1CC(C)(C)OC1(C)C. The second kappa shape index (κ2) is 4.89. The van der Waals surface area contributed by atoms with E-state index >= 15 is 0 Å². The molecule has 2 nitrogen and oxygen atoms in total. The van der Waals surface area contributed by atoms with Crippen LogP contribution in [0.2, 0.25) is 0 Å². The van der Waals surface area contributed by atoms with Crippen molar-refractivity contribution in [3.63, 3.8) is 0 Å². The Balaban J connectivity index is 2.72. The molecule has 0 aromatic rings. The lowest BCUT2D eigenvalue weighted by Crippen LogP contribution is -2.44. The van der Waals surface area contributed by atoms with Crippen LogP contribution in [0.4, 0.5) is 0 Å². The molecule has 0 radical (unpaired) electrons. The second-order valence-corrected chi connectivity index (χ2v) is 7.24. The van der Waals surface area contributed by atoms with Crippen LogP contribution in [-0.2, 0) is 4.74 Å². The second-order valence-electron chi connectivity index (χ2n) is 7.24. The maximum Gasteiger partial charge on any atom is 0.0666 e. The van der Waals surface area contributed by atoms with E-state index in [9.17, 15) is 0 Å². The van der Waals surface area contributed by atoms with Gasteiger partial charge in [0.2, 0.25) is 0 Å². The van der Waals surface area contributed by atoms with Gasteiger partial charge in [-0.1, -0.05) is 20.8 Å². The summed E-state index contributed by atoms with van der Waals surface area (Å²) in [5.41, 5.74) is 0.0236. The number of hydrogen-bond acceptors (Lipinski definition) is 2. The first-order valence-corrected chi connectivity index (χ1v) is 7.01. The highest BCUT2D eigenvalue weighted by Gasteiger charge is 2.48. The van der Waals surface area contributed by atoms with Crippen LogP contribution in [0.5, 0.6) is 0 Å². The molecule has 0 saturated carbocycles. The number of nitrogens with one attached hydrogen (secondary N) is 1. The van der Waals surface area contributed by atoms with Crippen LogP contribution in [0.15, 0.2) is 0 Å².